The smallest absolute Gasteiger partial charge is 0.251 e. The summed E-state index contributed by atoms with van der Waals surface area (Å²) in [5.74, 6) is 0.199. The van der Waals surface area contributed by atoms with Gasteiger partial charge in [0.15, 0.2) is 0 Å². The normalized spacial score (nSPS) is 11.9. The van der Waals surface area contributed by atoms with Crippen LogP contribution in [0.1, 0.15) is 36.2 Å². The number of carbonyl (C=O) groups excluding carboxylic acids is 1. The molecule has 0 aliphatic carbocycles. The number of nitrogens with two attached hydrogens (primary N) is 2. The van der Waals surface area contributed by atoms with Crippen molar-refractivity contribution in [2.75, 3.05) is 13.1 Å². The highest BCUT2D eigenvalue weighted by Crippen LogP contribution is 2.15. The Bertz CT molecular complexity index is 580. The Kier molecular flexibility index (Phi) is 8.22. The summed E-state index contributed by atoms with van der Waals surface area (Å²) in [4.78, 5) is 12.3. The molecule has 0 saturated carbocycles. The topological polar surface area (TPSA) is 93.2 Å². The van der Waals surface area contributed by atoms with Crippen molar-refractivity contribution in [2.45, 2.75) is 32.9 Å². The van der Waals surface area contributed by atoms with Crippen LogP contribution in [0.3, 0.4) is 0 Å². The molecule has 132 valence electrons. The molecule has 0 fully saturated rings. The number of amides is 1. The minimum absolute atomic E-state index is 0.0655. The summed E-state index contributed by atoms with van der Waals surface area (Å²) in [5, 5.41) is 6.19. The van der Waals surface area contributed by atoms with E-state index in [0.29, 0.717) is 31.1 Å². The van der Waals surface area contributed by atoms with E-state index >= 15 is 0 Å². The van der Waals surface area contributed by atoms with Crippen LogP contribution in [0.15, 0.2) is 48.7 Å². The van der Waals surface area contributed by atoms with Gasteiger partial charge in [0.1, 0.15) is 0 Å². The van der Waals surface area contributed by atoms with E-state index in [1.165, 1.54) is 0 Å². The average molecular weight is 330 g/mol. The highest BCUT2D eigenvalue weighted by Gasteiger charge is 2.16. The van der Waals surface area contributed by atoms with E-state index in [9.17, 15) is 4.79 Å². The van der Waals surface area contributed by atoms with E-state index in [1.54, 1.807) is 6.07 Å². The van der Waals surface area contributed by atoms with E-state index in [4.69, 9.17) is 11.5 Å². The lowest BCUT2D eigenvalue weighted by molar-refractivity contribution is 0.0955. The molecule has 0 saturated heterocycles. The van der Waals surface area contributed by atoms with Gasteiger partial charge in [0.25, 0.3) is 5.91 Å². The molecule has 0 bridgehead atoms. The zero-order valence-corrected chi connectivity index (χ0v) is 14.8. The molecule has 0 radical (unpaired) electrons. The van der Waals surface area contributed by atoms with Crippen molar-refractivity contribution in [3.63, 3.8) is 0 Å². The van der Waals surface area contributed by atoms with Gasteiger partial charge in [0.2, 0.25) is 0 Å². The molecule has 0 aliphatic heterocycles. The summed E-state index contributed by atoms with van der Waals surface area (Å²) in [5.41, 5.74) is 14.6. The molecule has 1 rings (SSSR count). The van der Waals surface area contributed by atoms with Crippen molar-refractivity contribution in [3.05, 3.63) is 59.8 Å². The van der Waals surface area contributed by atoms with Gasteiger partial charge >= 0.3 is 0 Å². The zero-order valence-electron chi connectivity index (χ0n) is 14.8. The van der Waals surface area contributed by atoms with Crippen molar-refractivity contribution >= 4 is 5.91 Å². The largest absolute Gasteiger partial charge is 0.381 e. The summed E-state index contributed by atoms with van der Waals surface area (Å²) >= 11 is 0. The van der Waals surface area contributed by atoms with Crippen molar-refractivity contribution in [3.8, 4) is 0 Å². The molecule has 1 amide bonds. The predicted octanol–water partition coefficient (Wildman–Crippen LogP) is 1.91. The Morgan fingerprint density at radius 1 is 1.21 bits per heavy atom. The molecule has 1 aromatic carbocycles. The fourth-order valence-corrected chi connectivity index (χ4v) is 2.42. The maximum atomic E-state index is 12.3. The molecule has 5 heteroatoms. The van der Waals surface area contributed by atoms with Crippen LogP contribution in [-0.4, -0.2) is 25.0 Å². The third-order valence-electron chi connectivity index (χ3n) is 3.97. The van der Waals surface area contributed by atoms with Crippen molar-refractivity contribution in [1.82, 2.24) is 10.6 Å². The lowest BCUT2D eigenvalue weighted by Crippen LogP contribution is -2.38. The van der Waals surface area contributed by atoms with Gasteiger partial charge in [-0.2, -0.15) is 0 Å². The highest BCUT2D eigenvalue weighted by atomic mass is 16.1. The van der Waals surface area contributed by atoms with Crippen LogP contribution in [0.5, 0.6) is 0 Å². The standard InChI is InChI=1S/C19H30N4O/c1-13(2)15(4)18(9-10-20)23-14(3)12-22-19(24)17-8-6-5-7-16(17)11-21/h5-8,13,18,23H,3-4,9-12,20-21H2,1-2H3,(H,22,24). The first kappa shape index (κ1) is 19.9. The molecule has 1 atom stereocenters. The van der Waals surface area contributed by atoms with Crippen LogP contribution in [0.4, 0.5) is 0 Å². The first-order valence-corrected chi connectivity index (χ1v) is 8.29. The summed E-state index contributed by atoms with van der Waals surface area (Å²) in [6.07, 6.45) is 0.778. The molecule has 1 aromatic rings. The quantitative estimate of drug-likeness (QED) is 0.493. The molecule has 0 spiro atoms. The number of rotatable bonds is 10. The van der Waals surface area contributed by atoms with Crippen LogP contribution >= 0.6 is 0 Å². The minimum atomic E-state index is -0.155. The Hall–Kier alpha value is -2.11. The van der Waals surface area contributed by atoms with Crippen molar-refractivity contribution in [2.24, 2.45) is 17.4 Å². The molecular weight excluding hydrogens is 300 g/mol. The second-order valence-corrected chi connectivity index (χ2v) is 6.15. The first-order chi connectivity index (χ1) is 11.4. The van der Waals surface area contributed by atoms with Gasteiger partial charge in [0, 0.05) is 23.8 Å². The van der Waals surface area contributed by atoms with E-state index < -0.39 is 0 Å². The maximum absolute atomic E-state index is 12.3. The molecule has 0 heterocycles. The highest BCUT2D eigenvalue weighted by molar-refractivity contribution is 5.95. The monoisotopic (exact) mass is 330 g/mol. The third-order valence-corrected chi connectivity index (χ3v) is 3.97. The molecule has 0 aromatic heterocycles. The number of benzene rings is 1. The van der Waals surface area contributed by atoms with Gasteiger partial charge < -0.3 is 22.1 Å². The first-order valence-electron chi connectivity index (χ1n) is 8.29. The number of carbonyl (C=O) groups is 1. The second-order valence-electron chi connectivity index (χ2n) is 6.15. The summed E-state index contributed by atoms with van der Waals surface area (Å²) < 4.78 is 0. The Labute approximate surface area is 145 Å². The Morgan fingerprint density at radius 3 is 2.46 bits per heavy atom. The number of hydrogen-bond acceptors (Lipinski definition) is 4. The lowest BCUT2D eigenvalue weighted by atomic mass is 9.95. The molecule has 5 nitrogen and oxygen atoms in total. The Balaban J connectivity index is 2.61. The van der Waals surface area contributed by atoms with E-state index in [-0.39, 0.29) is 11.9 Å². The predicted molar refractivity (Wildman–Crippen MR) is 100 cm³/mol. The maximum Gasteiger partial charge on any atom is 0.251 e. The lowest BCUT2D eigenvalue weighted by Gasteiger charge is -2.25. The molecule has 1 unspecified atom stereocenters. The van der Waals surface area contributed by atoms with E-state index in [2.05, 4.69) is 37.6 Å². The van der Waals surface area contributed by atoms with Gasteiger partial charge in [-0.3, -0.25) is 4.79 Å². The fourth-order valence-electron chi connectivity index (χ4n) is 2.42. The van der Waals surface area contributed by atoms with E-state index in [0.717, 1.165) is 23.3 Å². The van der Waals surface area contributed by atoms with Crippen molar-refractivity contribution < 1.29 is 4.79 Å². The SMILES string of the molecule is C=C(CNC(=O)c1ccccc1CN)NC(CCN)C(=C)C(C)C. The van der Waals surface area contributed by atoms with Crippen molar-refractivity contribution in [1.29, 1.82) is 0 Å². The van der Waals surface area contributed by atoms with Gasteiger partial charge in [-0.25, -0.2) is 0 Å². The molecular formula is C19H30N4O. The summed E-state index contributed by atoms with van der Waals surface area (Å²) in [6, 6.07) is 7.38. The zero-order chi connectivity index (χ0) is 18.1. The summed E-state index contributed by atoms with van der Waals surface area (Å²) in [6.45, 7) is 13.6. The molecule has 0 aliphatic rings. The third kappa shape index (κ3) is 5.83. The van der Waals surface area contributed by atoms with Crippen LogP contribution in [0.2, 0.25) is 0 Å². The van der Waals surface area contributed by atoms with Gasteiger partial charge in [-0.05, 0) is 30.5 Å². The van der Waals surface area contributed by atoms with Crippen LogP contribution in [0, 0.1) is 5.92 Å². The van der Waals surface area contributed by atoms with E-state index in [1.807, 2.05) is 18.2 Å². The second kappa shape index (κ2) is 9.90. The van der Waals surface area contributed by atoms with Gasteiger partial charge in [-0.15, -0.1) is 0 Å². The molecule has 24 heavy (non-hydrogen) atoms. The fraction of sp³-hybridized carbons (Fsp3) is 0.421. The summed E-state index contributed by atoms with van der Waals surface area (Å²) in [7, 11) is 0. The van der Waals surface area contributed by atoms with Crippen LogP contribution in [-0.2, 0) is 6.54 Å². The van der Waals surface area contributed by atoms with Crippen LogP contribution in [0.25, 0.3) is 0 Å². The molecule has 6 N–H and O–H groups in total. The van der Waals surface area contributed by atoms with Gasteiger partial charge in [0.05, 0.1) is 6.54 Å². The minimum Gasteiger partial charge on any atom is -0.381 e. The number of nitrogens with one attached hydrogen (secondary N) is 2. The van der Waals surface area contributed by atoms with Gasteiger partial charge in [-0.1, -0.05) is 50.8 Å². The average Bonchev–Trinajstić information content (AvgIpc) is 2.58. The Morgan fingerprint density at radius 2 is 1.88 bits per heavy atom. The van der Waals surface area contributed by atoms with Crippen LogP contribution < -0.4 is 22.1 Å². The number of hydrogen-bond donors (Lipinski definition) is 4.